The van der Waals surface area contributed by atoms with Crippen LogP contribution >= 0.6 is 0 Å². The van der Waals surface area contributed by atoms with Crippen LogP contribution in [0.1, 0.15) is 18.1 Å². The molecule has 2 heterocycles. The van der Waals surface area contributed by atoms with Gasteiger partial charge in [-0.15, -0.1) is 10.2 Å². The van der Waals surface area contributed by atoms with Crippen LogP contribution in [0.3, 0.4) is 0 Å². The summed E-state index contributed by atoms with van der Waals surface area (Å²) in [6.45, 7) is 1.13. The van der Waals surface area contributed by atoms with E-state index in [2.05, 4.69) is 15.5 Å². The van der Waals surface area contributed by atoms with Gasteiger partial charge in [-0.2, -0.15) is 0 Å². The van der Waals surface area contributed by atoms with Crippen molar-refractivity contribution in [3.8, 4) is 0 Å². The molecule has 0 saturated heterocycles. The third kappa shape index (κ3) is 3.02. The van der Waals surface area contributed by atoms with E-state index in [1.807, 2.05) is 4.57 Å². The third-order valence-corrected chi connectivity index (χ3v) is 4.83. The van der Waals surface area contributed by atoms with E-state index >= 15 is 0 Å². The Bertz CT molecular complexity index is 874. The number of hydrogen-bond acceptors (Lipinski definition) is 7. The molecule has 2 aromatic rings. The van der Waals surface area contributed by atoms with E-state index in [9.17, 15) is 18.5 Å². The number of hydrogen-bond donors (Lipinski definition) is 1. The number of nitro benzene ring substituents is 1. The molecule has 0 saturated carbocycles. The third-order valence-electron chi connectivity index (χ3n) is 3.72. The van der Waals surface area contributed by atoms with Gasteiger partial charge in [-0.1, -0.05) is 0 Å². The van der Waals surface area contributed by atoms with E-state index in [0.29, 0.717) is 5.82 Å². The number of nitrogens with one attached hydrogen (secondary N) is 1. The highest BCUT2D eigenvalue weighted by Crippen LogP contribution is 2.28. The van der Waals surface area contributed by atoms with Gasteiger partial charge in [0.05, 0.1) is 16.4 Å². The van der Waals surface area contributed by atoms with Gasteiger partial charge in [-0.05, 0) is 18.6 Å². The molecule has 3 rings (SSSR count). The topological polar surface area (TPSA) is 120 Å². The fraction of sp³-hybridized carbons (Fsp3) is 0.385. The number of benzene rings is 1. The second-order valence-corrected chi connectivity index (χ2v) is 7.37. The van der Waals surface area contributed by atoms with Crippen LogP contribution in [-0.4, -0.2) is 34.4 Å². The lowest BCUT2D eigenvalue weighted by Gasteiger charge is -2.08. The summed E-state index contributed by atoms with van der Waals surface area (Å²) in [7, 11) is -3.50. The number of nitro groups is 1. The zero-order chi connectivity index (χ0) is 16.6. The number of aryl methyl sites for hydroxylation is 1. The fourth-order valence-corrected chi connectivity index (χ4v) is 3.20. The van der Waals surface area contributed by atoms with Crippen LogP contribution in [-0.2, 0) is 29.3 Å². The lowest BCUT2D eigenvalue weighted by Crippen LogP contribution is -2.09. The summed E-state index contributed by atoms with van der Waals surface area (Å²) in [5.74, 6) is 1.63. The monoisotopic (exact) mass is 337 g/mol. The van der Waals surface area contributed by atoms with Gasteiger partial charge in [0.15, 0.2) is 15.7 Å². The maximum atomic E-state index is 11.5. The summed E-state index contributed by atoms with van der Waals surface area (Å²) in [6.07, 6.45) is 2.91. The van der Waals surface area contributed by atoms with Gasteiger partial charge in [-0.3, -0.25) is 10.1 Å². The number of sulfone groups is 1. The van der Waals surface area contributed by atoms with Gasteiger partial charge < -0.3 is 9.88 Å². The molecule has 10 heteroatoms. The Kier molecular flexibility index (Phi) is 3.76. The molecule has 0 atom stereocenters. The molecule has 0 aliphatic carbocycles. The molecule has 23 heavy (non-hydrogen) atoms. The summed E-state index contributed by atoms with van der Waals surface area (Å²) < 4.78 is 25.0. The number of anilines is 1. The van der Waals surface area contributed by atoms with Crippen LogP contribution in [0.2, 0.25) is 0 Å². The molecule has 0 radical (unpaired) electrons. The summed E-state index contributed by atoms with van der Waals surface area (Å²) in [4.78, 5) is 10.5. The minimum absolute atomic E-state index is 0.0851. The normalized spacial score (nSPS) is 13.8. The zero-order valence-electron chi connectivity index (χ0n) is 12.4. The first-order chi connectivity index (χ1) is 10.9. The summed E-state index contributed by atoms with van der Waals surface area (Å²) in [6, 6.07) is 3.81. The first-order valence-electron chi connectivity index (χ1n) is 6.99. The number of nitrogens with zero attached hydrogens (tertiary/aromatic N) is 4. The minimum atomic E-state index is -3.50. The maximum absolute atomic E-state index is 11.5. The van der Waals surface area contributed by atoms with Crippen LogP contribution in [0.5, 0.6) is 0 Å². The Morgan fingerprint density at radius 1 is 1.39 bits per heavy atom. The van der Waals surface area contributed by atoms with E-state index in [-0.39, 0.29) is 22.8 Å². The van der Waals surface area contributed by atoms with Crippen LogP contribution < -0.4 is 5.32 Å². The summed E-state index contributed by atoms with van der Waals surface area (Å²) >= 11 is 0. The molecule has 0 spiro atoms. The summed E-state index contributed by atoms with van der Waals surface area (Å²) in [5, 5.41) is 22.3. The lowest BCUT2D eigenvalue weighted by molar-refractivity contribution is -0.384. The van der Waals surface area contributed by atoms with Crippen molar-refractivity contribution < 1.29 is 13.3 Å². The smallest absolute Gasteiger partial charge is 0.293 e. The average molecular weight is 337 g/mol. The van der Waals surface area contributed by atoms with E-state index in [1.165, 1.54) is 12.1 Å². The van der Waals surface area contributed by atoms with Crippen LogP contribution in [0, 0.1) is 10.1 Å². The second-order valence-electron chi connectivity index (χ2n) is 5.35. The number of rotatable bonds is 5. The van der Waals surface area contributed by atoms with Crippen LogP contribution in [0.25, 0.3) is 0 Å². The van der Waals surface area contributed by atoms with E-state index < -0.39 is 14.8 Å². The van der Waals surface area contributed by atoms with Gasteiger partial charge in [0.2, 0.25) is 0 Å². The van der Waals surface area contributed by atoms with Crippen molar-refractivity contribution in [1.29, 1.82) is 0 Å². The molecule has 0 amide bonds. The molecule has 1 aromatic carbocycles. The Morgan fingerprint density at radius 2 is 2.17 bits per heavy atom. The van der Waals surface area contributed by atoms with Crippen molar-refractivity contribution in [2.75, 3.05) is 11.6 Å². The SMILES string of the molecule is CS(=O)(=O)c1ccc(NCc2nnc3n2CCC3)c([N+](=O)[O-])c1. The van der Waals surface area contributed by atoms with Gasteiger partial charge in [0.25, 0.3) is 5.69 Å². The first-order valence-corrected chi connectivity index (χ1v) is 8.89. The molecule has 1 aliphatic rings. The second kappa shape index (κ2) is 5.61. The first kappa shape index (κ1) is 15.4. The van der Waals surface area contributed by atoms with Crippen molar-refractivity contribution in [3.63, 3.8) is 0 Å². The van der Waals surface area contributed by atoms with Crippen LogP contribution in [0.15, 0.2) is 23.1 Å². The Morgan fingerprint density at radius 3 is 2.87 bits per heavy atom. The maximum Gasteiger partial charge on any atom is 0.293 e. The predicted molar refractivity (Wildman–Crippen MR) is 81.9 cm³/mol. The van der Waals surface area contributed by atoms with Crippen molar-refractivity contribution in [1.82, 2.24) is 14.8 Å². The van der Waals surface area contributed by atoms with Gasteiger partial charge >= 0.3 is 0 Å². The average Bonchev–Trinajstić information content (AvgIpc) is 3.07. The Labute approximate surface area is 132 Å². The quantitative estimate of drug-likeness (QED) is 0.641. The minimum Gasteiger partial charge on any atom is -0.372 e. The lowest BCUT2D eigenvalue weighted by atomic mass is 10.2. The molecule has 122 valence electrons. The van der Waals surface area contributed by atoms with Crippen molar-refractivity contribution >= 4 is 21.2 Å². The molecule has 0 bridgehead atoms. The van der Waals surface area contributed by atoms with E-state index in [0.717, 1.165) is 37.5 Å². The molecule has 9 nitrogen and oxygen atoms in total. The highest BCUT2D eigenvalue weighted by Gasteiger charge is 2.20. The summed E-state index contributed by atoms with van der Waals surface area (Å²) in [5.41, 5.74) is -0.0353. The van der Waals surface area contributed by atoms with Gasteiger partial charge in [0.1, 0.15) is 11.5 Å². The number of aromatic nitrogens is 3. The molecule has 1 aliphatic heterocycles. The molecule has 0 fully saturated rings. The highest BCUT2D eigenvalue weighted by atomic mass is 32.2. The molecular formula is C13H15N5O4S. The largest absolute Gasteiger partial charge is 0.372 e. The fourth-order valence-electron chi connectivity index (χ4n) is 2.56. The molecular weight excluding hydrogens is 322 g/mol. The predicted octanol–water partition coefficient (Wildman–Crippen LogP) is 1.15. The van der Waals surface area contributed by atoms with Gasteiger partial charge in [-0.25, -0.2) is 8.42 Å². The highest BCUT2D eigenvalue weighted by molar-refractivity contribution is 7.90. The van der Waals surface area contributed by atoms with Crippen LogP contribution in [0.4, 0.5) is 11.4 Å². The molecule has 1 aromatic heterocycles. The van der Waals surface area contributed by atoms with Crippen molar-refractivity contribution in [2.45, 2.75) is 30.8 Å². The Hall–Kier alpha value is -2.49. The van der Waals surface area contributed by atoms with Gasteiger partial charge in [0, 0.05) is 25.3 Å². The number of fused-ring (bicyclic) bond motifs is 1. The standard InChI is InChI=1S/C13H15N5O4S/c1-23(21,22)9-4-5-10(11(7-9)18(19)20)14-8-13-16-15-12-3-2-6-17(12)13/h4-5,7,14H,2-3,6,8H2,1H3. The van der Waals surface area contributed by atoms with Crippen molar-refractivity contribution in [2.24, 2.45) is 0 Å². The van der Waals surface area contributed by atoms with E-state index in [4.69, 9.17) is 0 Å². The zero-order valence-corrected chi connectivity index (χ0v) is 13.2. The molecule has 0 unspecified atom stereocenters. The van der Waals surface area contributed by atoms with E-state index in [1.54, 1.807) is 0 Å². The Balaban J connectivity index is 1.86. The molecule has 1 N–H and O–H groups in total. The van der Waals surface area contributed by atoms with Crippen molar-refractivity contribution in [3.05, 3.63) is 40.0 Å².